The molecule has 0 aliphatic carbocycles. The van der Waals surface area contributed by atoms with Crippen LogP contribution >= 0.6 is 11.6 Å². The highest BCUT2D eigenvalue weighted by Crippen LogP contribution is 2.31. The van der Waals surface area contributed by atoms with Crippen LogP contribution in [-0.4, -0.2) is 34.9 Å². The molecule has 3 N–H and O–H groups in total. The van der Waals surface area contributed by atoms with Gasteiger partial charge >= 0.3 is 0 Å². The van der Waals surface area contributed by atoms with Crippen molar-refractivity contribution in [2.24, 2.45) is 0 Å². The highest BCUT2D eigenvalue weighted by atomic mass is 35.5. The minimum Gasteiger partial charge on any atom is -0.396 e. The quantitative estimate of drug-likeness (QED) is 0.527. The summed E-state index contributed by atoms with van der Waals surface area (Å²) in [4.78, 5) is 10.1. The normalized spacial score (nSPS) is 10.3. The maximum Gasteiger partial charge on any atom is 0.288 e. The summed E-state index contributed by atoms with van der Waals surface area (Å²) in [5.74, 6) is 0. The summed E-state index contributed by atoms with van der Waals surface area (Å²) in [6.07, 6.45) is 0.284. The van der Waals surface area contributed by atoms with Gasteiger partial charge in [-0.15, -0.1) is 0 Å². The van der Waals surface area contributed by atoms with Gasteiger partial charge < -0.3 is 15.5 Å². The molecule has 1 aromatic rings. The molecule has 0 atom stereocenters. The second-order valence-corrected chi connectivity index (χ2v) is 3.75. The lowest BCUT2D eigenvalue weighted by Gasteiger charge is -2.11. The van der Waals surface area contributed by atoms with Crippen molar-refractivity contribution in [3.8, 4) is 0 Å². The number of hydrogen-bond acceptors (Lipinski definition) is 5. The molecule has 94 valence electrons. The third-order valence-corrected chi connectivity index (χ3v) is 2.48. The van der Waals surface area contributed by atoms with Gasteiger partial charge in [0.25, 0.3) is 5.69 Å². The van der Waals surface area contributed by atoms with E-state index in [0.717, 1.165) is 0 Å². The topological polar surface area (TPSA) is 95.6 Å². The van der Waals surface area contributed by atoms with Crippen LogP contribution in [0.5, 0.6) is 0 Å². The van der Waals surface area contributed by atoms with Gasteiger partial charge in [0, 0.05) is 24.9 Å². The molecule has 0 aromatic heterocycles. The van der Waals surface area contributed by atoms with Crippen molar-refractivity contribution in [1.82, 2.24) is 0 Å². The first kappa shape index (κ1) is 13.7. The van der Waals surface area contributed by atoms with Crippen LogP contribution in [0.25, 0.3) is 0 Å². The molecular formula is C10H13ClN2O4. The molecule has 0 saturated carbocycles. The average molecular weight is 261 g/mol. The zero-order valence-electron chi connectivity index (χ0n) is 9.02. The number of hydrogen-bond donors (Lipinski definition) is 3. The minimum absolute atomic E-state index is 0.0251. The van der Waals surface area contributed by atoms with Crippen molar-refractivity contribution >= 4 is 23.0 Å². The molecule has 6 nitrogen and oxygen atoms in total. The van der Waals surface area contributed by atoms with Crippen molar-refractivity contribution in [1.29, 1.82) is 0 Å². The van der Waals surface area contributed by atoms with Crippen molar-refractivity contribution in [2.75, 3.05) is 25.1 Å². The summed E-state index contributed by atoms with van der Waals surface area (Å²) in [6.45, 7) is 0.131. The van der Waals surface area contributed by atoms with Gasteiger partial charge in [-0.25, -0.2) is 0 Å². The molecule has 0 heterocycles. The molecule has 17 heavy (non-hydrogen) atoms. The van der Waals surface area contributed by atoms with E-state index in [0.29, 0.717) is 17.8 Å². The standard InChI is InChI=1S/C10H13ClN2O4/c11-8-6-9(12-2-4-15)7(1-3-14)5-10(8)13(16)17/h5-6,12,14-15H,1-4H2. The number of halogens is 1. The van der Waals surface area contributed by atoms with E-state index in [1.54, 1.807) is 0 Å². The molecule has 0 unspecified atom stereocenters. The van der Waals surface area contributed by atoms with Crippen LogP contribution in [0.2, 0.25) is 5.02 Å². The predicted octanol–water partition coefficient (Wildman–Crippen LogP) is 1.19. The Hall–Kier alpha value is -1.37. The maximum absolute atomic E-state index is 10.7. The molecule has 7 heteroatoms. The molecule has 0 fully saturated rings. The lowest BCUT2D eigenvalue weighted by atomic mass is 10.1. The Bertz CT molecular complexity index is 412. The summed E-state index contributed by atoms with van der Waals surface area (Å²) < 4.78 is 0. The lowest BCUT2D eigenvalue weighted by molar-refractivity contribution is -0.384. The molecule has 0 aliphatic heterocycles. The molecule has 0 spiro atoms. The number of aliphatic hydroxyl groups excluding tert-OH is 2. The second kappa shape index (κ2) is 6.39. The smallest absolute Gasteiger partial charge is 0.288 e. The fourth-order valence-electron chi connectivity index (χ4n) is 1.43. The van der Waals surface area contributed by atoms with Gasteiger partial charge in [-0.2, -0.15) is 0 Å². The first-order valence-corrected chi connectivity index (χ1v) is 5.40. The van der Waals surface area contributed by atoms with Gasteiger partial charge in [0.15, 0.2) is 0 Å². The number of rotatable bonds is 6. The number of nitro benzene ring substituents is 1. The van der Waals surface area contributed by atoms with E-state index in [-0.39, 0.29) is 30.3 Å². The molecule has 0 radical (unpaired) electrons. The first-order chi connectivity index (χ1) is 8.10. The highest BCUT2D eigenvalue weighted by Gasteiger charge is 2.16. The van der Waals surface area contributed by atoms with Crippen LogP contribution in [-0.2, 0) is 6.42 Å². The molecule has 0 saturated heterocycles. The SMILES string of the molecule is O=[N+]([O-])c1cc(CCO)c(NCCO)cc1Cl. The van der Waals surface area contributed by atoms with Crippen molar-refractivity contribution in [2.45, 2.75) is 6.42 Å². The Kier molecular flexibility index (Phi) is 5.14. The molecule has 1 rings (SSSR count). The van der Waals surface area contributed by atoms with E-state index >= 15 is 0 Å². The van der Waals surface area contributed by atoms with Crippen LogP contribution in [0, 0.1) is 10.1 Å². The molecule has 1 aromatic carbocycles. The summed E-state index contributed by atoms with van der Waals surface area (Å²) in [7, 11) is 0. The highest BCUT2D eigenvalue weighted by molar-refractivity contribution is 6.33. The van der Waals surface area contributed by atoms with E-state index in [1.807, 2.05) is 0 Å². The third kappa shape index (κ3) is 3.55. The van der Waals surface area contributed by atoms with Gasteiger partial charge in [-0.3, -0.25) is 10.1 Å². The Morgan fingerprint density at radius 3 is 2.59 bits per heavy atom. The van der Waals surface area contributed by atoms with Gasteiger partial charge in [0.05, 0.1) is 11.5 Å². The Morgan fingerprint density at radius 2 is 2.06 bits per heavy atom. The molecule has 0 bridgehead atoms. The molecule has 0 amide bonds. The lowest BCUT2D eigenvalue weighted by Crippen LogP contribution is -2.09. The second-order valence-electron chi connectivity index (χ2n) is 3.34. The van der Waals surface area contributed by atoms with Crippen molar-refractivity contribution in [3.63, 3.8) is 0 Å². The number of aliphatic hydroxyl groups is 2. The van der Waals surface area contributed by atoms with Gasteiger partial charge in [0.1, 0.15) is 5.02 Å². The van der Waals surface area contributed by atoms with Crippen LogP contribution in [0.15, 0.2) is 12.1 Å². The van der Waals surface area contributed by atoms with E-state index in [2.05, 4.69) is 5.32 Å². The van der Waals surface area contributed by atoms with E-state index < -0.39 is 4.92 Å². The third-order valence-electron chi connectivity index (χ3n) is 2.18. The zero-order valence-corrected chi connectivity index (χ0v) is 9.78. The predicted molar refractivity (Wildman–Crippen MR) is 64.5 cm³/mol. The van der Waals surface area contributed by atoms with Crippen LogP contribution in [0.4, 0.5) is 11.4 Å². The molecular weight excluding hydrogens is 248 g/mol. The summed E-state index contributed by atoms with van der Waals surface area (Å²) in [5.41, 5.74) is 0.991. The summed E-state index contributed by atoms with van der Waals surface area (Å²) in [5, 5.41) is 31.2. The van der Waals surface area contributed by atoms with Crippen LogP contribution < -0.4 is 5.32 Å². The van der Waals surface area contributed by atoms with E-state index in [1.165, 1.54) is 12.1 Å². The fourth-order valence-corrected chi connectivity index (χ4v) is 1.66. The van der Waals surface area contributed by atoms with Crippen molar-refractivity contribution < 1.29 is 15.1 Å². The first-order valence-electron chi connectivity index (χ1n) is 5.02. The number of nitrogens with zero attached hydrogens (tertiary/aromatic N) is 1. The largest absolute Gasteiger partial charge is 0.396 e. The van der Waals surface area contributed by atoms with Crippen LogP contribution in [0.3, 0.4) is 0 Å². The Balaban J connectivity index is 3.10. The van der Waals surface area contributed by atoms with Gasteiger partial charge in [0.2, 0.25) is 0 Å². The summed E-state index contributed by atoms with van der Waals surface area (Å²) in [6, 6.07) is 2.76. The monoisotopic (exact) mass is 260 g/mol. The Labute approximate surface area is 103 Å². The van der Waals surface area contributed by atoms with E-state index in [9.17, 15) is 10.1 Å². The number of nitro groups is 1. The number of anilines is 1. The number of nitrogens with one attached hydrogen (secondary N) is 1. The Morgan fingerprint density at radius 1 is 1.35 bits per heavy atom. The van der Waals surface area contributed by atoms with E-state index in [4.69, 9.17) is 21.8 Å². The molecule has 0 aliphatic rings. The average Bonchev–Trinajstić information content (AvgIpc) is 2.28. The fraction of sp³-hybridized carbons (Fsp3) is 0.400. The zero-order chi connectivity index (χ0) is 12.8. The number of benzene rings is 1. The minimum atomic E-state index is -0.570. The van der Waals surface area contributed by atoms with Crippen molar-refractivity contribution in [3.05, 3.63) is 32.8 Å². The van der Waals surface area contributed by atoms with Gasteiger partial charge in [-0.05, 0) is 18.1 Å². The van der Waals surface area contributed by atoms with Gasteiger partial charge in [-0.1, -0.05) is 11.6 Å². The van der Waals surface area contributed by atoms with Crippen LogP contribution in [0.1, 0.15) is 5.56 Å². The maximum atomic E-state index is 10.7. The summed E-state index contributed by atoms with van der Waals surface area (Å²) >= 11 is 5.77.